The highest BCUT2D eigenvalue weighted by Crippen LogP contribution is 2.09. The maximum Gasteiger partial charge on any atom is 0.0715 e. The molecule has 1 rings (SSSR count). The van der Waals surface area contributed by atoms with Crippen LogP contribution >= 0.6 is 0 Å². The SMILES string of the molecule is CCCC(C)O[C@H]1CCNC1. The van der Waals surface area contributed by atoms with E-state index < -0.39 is 0 Å². The Kier molecular flexibility index (Phi) is 3.87. The topological polar surface area (TPSA) is 21.3 Å². The van der Waals surface area contributed by atoms with Crippen LogP contribution in [0.15, 0.2) is 0 Å². The van der Waals surface area contributed by atoms with Gasteiger partial charge in [-0.25, -0.2) is 0 Å². The lowest BCUT2D eigenvalue weighted by Crippen LogP contribution is -2.22. The van der Waals surface area contributed by atoms with Gasteiger partial charge in [0.2, 0.25) is 0 Å². The van der Waals surface area contributed by atoms with Gasteiger partial charge in [0.05, 0.1) is 12.2 Å². The Morgan fingerprint density at radius 3 is 3.00 bits per heavy atom. The van der Waals surface area contributed by atoms with Crippen molar-refractivity contribution in [1.82, 2.24) is 5.32 Å². The molecule has 0 amide bonds. The minimum Gasteiger partial charge on any atom is -0.374 e. The highest BCUT2D eigenvalue weighted by atomic mass is 16.5. The molecule has 11 heavy (non-hydrogen) atoms. The first kappa shape index (κ1) is 9.01. The molecule has 1 heterocycles. The molecule has 66 valence electrons. The molecule has 2 heteroatoms. The molecule has 0 aromatic heterocycles. The zero-order chi connectivity index (χ0) is 8.10. The van der Waals surface area contributed by atoms with E-state index in [-0.39, 0.29) is 0 Å². The molecule has 2 atom stereocenters. The van der Waals surface area contributed by atoms with Crippen LogP contribution < -0.4 is 5.32 Å². The van der Waals surface area contributed by atoms with Crippen LogP contribution in [0.4, 0.5) is 0 Å². The lowest BCUT2D eigenvalue weighted by Gasteiger charge is -2.16. The summed E-state index contributed by atoms with van der Waals surface area (Å²) in [7, 11) is 0. The van der Waals surface area contributed by atoms with E-state index in [9.17, 15) is 0 Å². The Hall–Kier alpha value is -0.0800. The van der Waals surface area contributed by atoms with Crippen LogP contribution in [0.2, 0.25) is 0 Å². The van der Waals surface area contributed by atoms with Crippen molar-refractivity contribution >= 4 is 0 Å². The van der Waals surface area contributed by atoms with Gasteiger partial charge in [0.15, 0.2) is 0 Å². The van der Waals surface area contributed by atoms with E-state index >= 15 is 0 Å². The highest BCUT2D eigenvalue weighted by Gasteiger charge is 2.16. The smallest absolute Gasteiger partial charge is 0.0715 e. The quantitative estimate of drug-likeness (QED) is 0.668. The Morgan fingerprint density at radius 2 is 2.45 bits per heavy atom. The zero-order valence-electron chi connectivity index (χ0n) is 7.60. The average molecular weight is 157 g/mol. The predicted octanol–water partition coefficient (Wildman–Crippen LogP) is 1.55. The highest BCUT2D eigenvalue weighted by molar-refractivity contribution is 4.72. The summed E-state index contributed by atoms with van der Waals surface area (Å²) in [5, 5.41) is 3.29. The Balaban J connectivity index is 2.08. The lowest BCUT2D eigenvalue weighted by molar-refractivity contribution is 0.00497. The van der Waals surface area contributed by atoms with Gasteiger partial charge in [0.25, 0.3) is 0 Å². The van der Waals surface area contributed by atoms with Gasteiger partial charge >= 0.3 is 0 Å². The first-order chi connectivity index (χ1) is 5.33. The second kappa shape index (κ2) is 4.73. The summed E-state index contributed by atoms with van der Waals surface area (Å²) in [5.74, 6) is 0. The van der Waals surface area contributed by atoms with Crippen LogP contribution in [0.3, 0.4) is 0 Å². The molecule has 0 radical (unpaired) electrons. The summed E-state index contributed by atoms with van der Waals surface area (Å²) in [6.45, 7) is 6.55. The molecule has 0 bridgehead atoms. The van der Waals surface area contributed by atoms with E-state index in [1.165, 1.54) is 19.3 Å². The monoisotopic (exact) mass is 157 g/mol. The van der Waals surface area contributed by atoms with Gasteiger partial charge < -0.3 is 10.1 Å². The number of hydrogen-bond donors (Lipinski definition) is 1. The van der Waals surface area contributed by atoms with Gasteiger partial charge in [0.1, 0.15) is 0 Å². The fourth-order valence-electron chi connectivity index (χ4n) is 1.55. The van der Waals surface area contributed by atoms with Crippen molar-refractivity contribution in [1.29, 1.82) is 0 Å². The third kappa shape index (κ3) is 3.21. The van der Waals surface area contributed by atoms with Gasteiger partial charge in [-0.15, -0.1) is 0 Å². The van der Waals surface area contributed by atoms with Crippen LogP contribution in [0.1, 0.15) is 33.1 Å². The van der Waals surface area contributed by atoms with E-state index in [2.05, 4.69) is 19.2 Å². The number of ether oxygens (including phenoxy) is 1. The predicted molar refractivity (Wildman–Crippen MR) is 46.7 cm³/mol. The van der Waals surface area contributed by atoms with Gasteiger partial charge in [-0.1, -0.05) is 13.3 Å². The summed E-state index contributed by atoms with van der Waals surface area (Å²) in [6.07, 6.45) is 4.53. The summed E-state index contributed by atoms with van der Waals surface area (Å²) < 4.78 is 5.79. The van der Waals surface area contributed by atoms with E-state index in [1.807, 2.05) is 0 Å². The van der Waals surface area contributed by atoms with Crippen molar-refractivity contribution in [3.63, 3.8) is 0 Å². The fraction of sp³-hybridized carbons (Fsp3) is 1.00. The van der Waals surface area contributed by atoms with E-state index in [0.29, 0.717) is 12.2 Å². The summed E-state index contributed by atoms with van der Waals surface area (Å²) in [6, 6.07) is 0. The van der Waals surface area contributed by atoms with E-state index in [0.717, 1.165) is 13.1 Å². The molecule has 1 aliphatic heterocycles. The van der Waals surface area contributed by atoms with Gasteiger partial charge in [-0.05, 0) is 26.3 Å². The Labute approximate surface area is 69.3 Å². The zero-order valence-corrected chi connectivity index (χ0v) is 7.60. The van der Waals surface area contributed by atoms with E-state index in [1.54, 1.807) is 0 Å². The van der Waals surface area contributed by atoms with Crippen LogP contribution in [0, 0.1) is 0 Å². The molecule has 0 aromatic carbocycles. The molecule has 0 aliphatic carbocycles. The molecule has 2 nitrogen and oxygen atoms in total. The van der Waals surface area contributed by atoms with Crippen LogP contribution in [0.25, 0.3) is 0 Å². The summed E-state index contributed by atoms with van der Waals surface area (Å²) in [4.78, 5) is 0. The standard InChI is InChI=1S/C9H19NO/c1-3-4-8(2)11-9-5-6-10-7-9/h8-10H,3-7H2,1-2H3/t8?,9-/m0/s1. The van der Waals surface area contributed by atoms with Crippen molar-refractivity contribution in [2.75, 3.05) is 13.1 Å². The molecule has 1 fully saturated rings. The van der Waals surface area contributed by atoms with Crippen molar-refractivity contribution in [2.24, 2.45) is 0 Å². The van der Waals surface area contributed by atoms with Gasteiger partial charge in [0, 0.05) is 6.54 Å². The minimum absolute atomic E-state index is 0.449. The second-order valence-electron chi connectivity index (χ2n) is 3.35. The number of nitrogens with one attached hydrogen (secondary N) is 1. The van der Waals surface area contributed by atoms with Gasteiger partial charge in [-0.3, -0.25) is 0 Å². The molecule has 0 spiro atoms. The Bertz CT molecular complexity index is 99.7. The molecule has 0 saturated carbocycles. The largest absolute Gasteiger partial charge is 0.374 e. The molecular formula is C9H19NO. The first-order valence-corrected chi connectivity index (χ1v) is 4.69. The van der Waals surface area contributed by atoms with Crippen molar-refractivity contribution < 1.29 is 4.74 Å². The van der Waals surface area contributed by atoms with Crippen LogP contribution in [-0.2, 0) is 4.74 Å². The van der Waals surface area contributed by atoms with Crippen LogP contribution in [0.5, 0.6) is 0 Å². The lowest BCUT2D eigenvalue weighted by atomic mass is 10.2. The number of hydrogen-bond acceptors (Lipinski definition) is 2. The molecule has 1 unspecified atom stereocenters. The van der Waals surface area contributed by atoms with Gasteiger partial charge in [-0.2, -0.15) is 0 Å². The normalized spacial score (nSPS) is 27.3. The van der Waals surface area contributed by atoms with Crippen molar-refractivity contribution in [2.45, 2.75) is 45.3 Å². The maximum absolute atomic E-state index is 5.79. The fourth-order valence-corrected chi connectivity index (χ4v) is 1.55. The average Bonchev–Trinajstić information content (AvgIpc) is 2.40. The molecule has 1 saturated heterocycles. The molecule has 1 N–H and O–H groups in total. The third-order valence-electron chi connectivity index (χ3n) is 2.14. The van der Waals surface area contributed by atoms with Crippen molar-refractivity contribution in [3.8, 4) is 0 Å². The molecular weight excluding hydrogens is 138 g/mol. The van der Waals surface area contributed by atoms with Crippen molar-refractivity contribution in [3.05, 3.63) is 0 Å². The summed E-state index contributed by atoms with van der Waals surface area (Å²) >= 11 is 0. The molecule has 1 aliphatic rings. The minimum atomic E-state index is 0.449. The first-order valence-electron chi connectivity index (χ1n) is 4.69. The molecule has 0 aromatic rings. The van der Waals surface area contributed by atoms with Crippen LogP contribution in [-0.4, -0.2) is 25.3 Å². The second-order valence-corrected chi connectivity index (χ2v) is 3.35. The Morgan fingerprint density at radius 1 is 1.64 bits per heavy atom. The van der Waals surface area contributed by atoms with E-state index in [4.69, 9.17) is 4.74 Å². The number of rotatable bonds is 4. The summed E-state index contributed by atoms with van der Waals surface area (Å²) in [5.41, 5.74) is 0. The third-order valence-corrected chi connectivity index (χ3v) is 2.14. The maximum atomic E-state index is 5.79.